The van der Waals surface area contributed by atoms with E-state index in [-0.39, 0.29) is 0 Å². The van der Waals surface area contributed by atoms with Crippen LogP contribution in [0.4, 0.5) is 0 Å². The molecule has 0 spiro atoms. The van der Waals surface area contributed by atoms with Crippen LogP contribution in [0, 0.1) is 0 Å². The van der Waals surface area contributed by atoms with Crippen LogP contribution in [-0.4, -0.2) is 21.8 Å². The van der Waals surface area contributed by atoms with Crippen LogP contribution in [0.25, 0.3) is 11.4 Å². The van der Waals surface area contributed by atoms with Gasteiger partial charge in [0.05, 0.1) is 19.0 Å². The summed E-state index contributed by atoms with van der Waals surface area (Å²) in [7, 11) is 0. The fourth-order valence-corrected chi connectivity index (χ4v) is 2.84. The first-order chi connectivity index (χ1) is 12.7. The summed E-state index contributed by atoms with van der Waals surface area (Å²) < 4.78 is 5.71. The van der Waals surface area contributed by atoms with Crippen molar-refractivity contribution >= 4 is 16.8 Å². The number of carbonyl (C=O) groups excluding carboxylic acids is 1. The van der Waals surface area contributed by atoms with Crippen LogP contribution in [-0.2, 0) is 0 Å². The van der Waals surface area contributed by atoms with Crippen molar-refractivity contribution in [1.29, 1.82) is 0 Å². The Kier molecular flexibility index (Phi) is 9.11. The number of halogens is 1. The maximum atomic E-state index is 11.1. The number of rotatable bonds is 12. The summed E-state index contributed by atoms with van der Waals surface area (Å²) in [5.74, 6) is 1.28. The largest absolute Gasteiger partial charge is 0.490 e. The Balaban J connectivity index is 1.68. The Hall–Kier alpha value is -1.94. The molecule has 0 atom stereocenters. The number of hydrogen-bond acceptors (Lipinski definition) is 4. The lowest BCUT2D eigenvalue weighted by molar-refractivity contribution is 0.108. The van der Waals surface area contributed by atoms with Crippen molar-refractivity contribution in [2.45, 2.75) is 58.3 Å². The van der Waals surface area contributed by atoms with Crippen molar-refractivity contribution in [3.63, 3.8) is 0 Å². The molecule has 140 valence electrons. The zero-order valence-electron chi connectivity index (χ0n) is 15.4. The molecule has 1 aromatic carbocycles. The Morgan fingerprint density at radius 1 is 0.923 bits per heavy atom. The third-order valence-corrected chi connectivity index (χ3v) is 4.48. The van der Waals surface area contributed by atoms with Crippen molar-refractivity contribution in [3.8, 4) is 17.1 Å². The molecule has 0 amide bonds. The molecule has 0 unspecified atom stereocenters. The minimum Gasteiger partial charge on any atom is -0.490 e. The molecule has 4 nitrogen and oxygen atoms in total. The number of aromatic nitrogens is 2. The van der Waals surface area contributed by atoms with Crippen LogP contribution in [0.3, 0.4) is 0 Å². The van der Waals surface area contributed by atoms with E-state index in [0.717, 1.165) is 12.0 Å². The summed E-state index contributed by atoms with van der Waals surface area (Å²) in [6.07, 6.45) is 13.6. The van der Waals surface area contributed by atoms with Gasteiger partial charge in [-0.1, -0.05) is 64.0 Å². The van der Waals surface area contributed by atoms with Gasteiger partial charge in [-0.05, 0) is 30.2 Å². The van der Waals surface area contributed by atoms with E-state index in [2.05, 4.69) is 16.9 Å². The average Bonchev–Trinajstić information content (AvgIpc) is 2.67. The van der Waals surface area contributed by atoms with E-state index in [1.54, 1.807) is 36.7 Å². The van der Waals surface area contributed by atoms with E-state index in [1.807, 2.05) is 0 Å². The maximum absolute atomic E-state index is 11.1. The lowest BCUT2D eigenvalue weighted by atomic mass is 10.1. The third kappa shape index (κ3) is 7.12. The van der Waals surface area contributed by atoms with Gasteiger partial charge in [-0.3, -0.25) is 4.79 Å². The van der Waals surface area contributed by atoms with Crippen LogP contribution in [0.1, 0.15) is 68.6 Å². The normalized spacial score (nSPS) is 10.7. The number of ether oxygens (including phenoxy) is 1. The number of hydrogen-bond donors (Lipinski definition) is 0. The van der Waals surface area contributed by atoms with Gasteiger partial charge in [-0.15, -0.1) is 0 Å². The molecule has 0 aliphatic rings. The van der Waals surface area contributed by atoms with Crippen LogP contribution >= 0.6 is 11.6 Å². The third-order valence-electron chi connectivity index (χ3n) is 4.26. The highest BCUT2D eigenvalue weighted by Crippen LogP contribution is 2.18. The number of benzene rings is 1. The van der Waals surface area contributed by atoms with Gasteiger partial charge in [-0.2, -0.15) is 0 Å². The minimum atomic E-state index is -0.470. The summed E-state index contributed by atoms with van der Waals surface area (Å²) >= 11 is 5.44. The molecule has 0 N–H and O–H groups in total. The molecule has 5 heteroatoms. The molecule has 2 rings (SSSR count). The maximum Gasteiger partial charge on any atom is 0.252 e. The zero-order valence-corrected chi connectivity index (χ0v) is 16.2. The molecule has 0 aliphatic heterocycles. The quantitative estimate of drug-likeness (QED) is 0.335. The van der Waals surface area contributed by atoms with Crippen molar-refractivity contribution in [2.75, 3.05) is 6.61 Å². The zero-order chi connectivity index (χ0) is 18.6. The highest BCUT2D eigenvalue weighted by molar-refractivity contribution is 6.67. The summed E-state index contributed by atoms with van der Waals surface area (Å²) in [5, 5.41) is -0.470. The first kappa shape index (κ1) is 20.4. The van der Waals surface area contributed by atoms with Crippen molar-refractivity contribution in [2.24, 2.45) is 0 Å². The van der Waals surface area contributed by atoms with Crippen molar-refractivity contribution in [3.05, 3.63) is 42.2 Å². The predicted octanol–water partition coefficient (Wildman–Crippen LogP) is 6.04. The van der Waals surface area contributed by atoms with Gasteiger partial charge in [0.2, 0.25) is 0 Å². The van der Waals surface area contributed by atoms with Gasteiger partial charge in [-0.25, -0.2) is 9.97 Å². The smallest absolute Gasteiger partial charge is 0.252 e. The van der Waals surface area contributed by atoms with Gasteiger partial charge in [0, 0.05) is 11.1 Å². The number of carbonyl (C=O) groups is 1. The first-order valence-corrected chi connectivity index (χ1v) is 9.83. The fraction of sp³-hybridized carbons (Fsp3) is 0.476. The molecular weight excluding hydrogens is 348 g/mol. The Morgan fingerprint density at radius 2 is 1.50 bits per heavy atom. The van der Waals surface area contributed by atoms with Gasteiger partial charge in [0.25, 0.3) is 5.24 Å². The van der Waals surface area contributed by atoms with E-state index < -0.39 is 5.24 Å². The molecule has 1 heterocycles. The van der Waals surface area contributed by atoms with E-state index in [4.69, 9.17) is 16.3 Å². The average molecular weight is 375 g/mol. The van der Waals surface area contributed by atoms with E-state index >= 15 is 0 Å². The second kappa shape index (κ2) is 11.6. The highest BCUT2D eigenvalue weighted by atomic mass is 35.5. The second-order valence-electron chi connectivity index (χ2n) is 6.42. The Morgan fingerprint density at radius 3 is 2.08 bits per heavy atom. The molecule has 0 saturated heterocycles. The van der Waals surface area contributed by atoms with E-state index in [1.165, 1.54) is 44.9 Å². The molecule has 1 aromatic heterocycles. The molecule has 0 radical (unpaired) electrons. The topological polar surface area (TPSA) is 52.1 Å². The summed E-state index contributed by atoms with van der Waals surface area (Å²) in [4.78, 5) is 19.7. The van der Waals surface area contributed by atoms with Crippen LogP contribution in [0.2, 0.25) is 0 Å². The molecule has 2 aromatic rings. The fourth-order valence-electron chi connectivity index (χ4n) is 2.72. The molecule has 0 bridgehead atoms. The molecule has 0 saturated carbocycles. The highest BCUT2D eigenvalue weighted by Gasteiger charge is 2.05. The Labute approximate surface area is 161 Å². The molecular formula is C21H27ClN2O2. The number of unbranched alkanes of at least 4 members (excludes halogenated alkanes) is 7. The standard InChI is InChI=1S/C21H27ClN2O2/c1-2-3-4-5-6-7-8-9-14-26-19-15-23-21(24-16-19)18-12-10-17(11-13-18)20(22)25/h10-13,15-16H,2-9,14H2,1H3. The van der Waals surface area contributed by atoms with E-state index in [9.17, 15) is 4.79 Å². The van der Waals surface area contributed by atoms with Crippen LogP contribution < -0.4 is 4.74 Å². The summed E-state index contributed by atoms with van der Waals surface area (Å²) in [5.41, 5.74) is 1.29. The van der Waals surface area contributed by atoms with Crippen molar-refractivity contribution < 1.29 is 9.53 Å². The predicted molar refractivity (Wildman–Crippen MR) is 106 cm³/mol. The van der Waals surface area contributed by atoms with Gasteiger partial charge in [0.15, 0.2) is 11.6 Å². The second-order valence-corrected chi connectivity index (χ2v) is 6.76. The first-order valence-electron chi connectivity index (χ1n) is 9.46. The Bertz CT molecular complexity index is 657. The monoisotopic (exact) mass is 374 g/mol. The SMILES string of the molecule is CCCCCCCCCCOc1cnc(-c2ccc(C(=O)Cl)cc2)nc1. The van der Waals surface area contributed by atoms with Gasteiger partial charge >= 0.3 is 0 Å². The summed E-state index contributed by atoms with van der Waals surface area (Å²) in [6.45, 7) is 2.94. The molecule has 26 heavy (non-hydrogen) atoms. The van der Waals surface area contributed by atoms with Crippen molar-refractivity contribution in [1.82, 2.24) is 9.97 Å². The van der Waals surface area contributed by atoms with Crippen LogP contribution in [0.5, 0.6) is 5.75 Å². The number of nitrogens with zero attached hydrogens (tertiary/aromatic N) is 2. The van der Waals surface area contributed by atoms with Gasteiger partial charge < -0.3 is 4.74 Å². The lowest BCUT2D eigenvalue weighted by Gasteiger charge is -2.06. The van der Waals surface area contributed by atoms with Gasteiger partial charge in [0.1, 0.15) is 0 Å². The lowest BCUT2D eigenvalue weighted by Crippen LogP contribution is -1.99. The molecule has 0 aliphatic carbocycles. The van der Waals surface area contributed by atoms with Crippen LogP contribution in [0.15, 0.2) is 36.7 Å². The summed E-state index contributed by atoms with van der Waals surface area (Å²) in [6, 6.07) is 6.90. The minimum absolute atomic E-state index is 0.459. The van der Waals surface area contributed by atoms with E-state index in [0.29, 0.717) is 23.7 Å². The molecule has 0 fully saturated rings.